The highest BCUT2D eigenvalue weighted by Gasteiger charge is 2.36. The van der Waals surface area contributed by atoms with Gasteiger partial charge in [-0.25, -0.2) is 8.42 Å². The molecule has 0 amide bonds. The van der Waals surface area contributed by atoms with Crippen LogP contribution >= 0.6 is 0 Å². The normalized spacial score (nSPS) is 23.2. The molecule has 0 spiro atoms. The van der Waals surface area contributed by atoms with Crippen molar-refractivity contribution in [2.75, 3.05) is 26.2 Å². The van der Waals surface area contributed by atoms with E-state index in [1.165, 1.54) is 32.1 Å². The van der Waals surface area contributed by atoms with Gasteiger partial charge in [0.2, 0.25) is 10.0 Å². The Bertz CT molecular complexity index is 1170. The Labute approximate surface area is 197 Å². The van der Waals surface area contributed by atoms with Crippen molar-refractivity contribution in [1.82, 2.24) is 14.2 Å². The molecule has 2 aromatic rings. The van der Waals surface area contributed by atoms with Gasteiger partial charge in [-0.1, -0.05) is 40.0 Å². The highest BCUT2D eigenvalue weighted by atomic mass is 32.2. The topological polar surface area (TPSA) is 73.5 Å². The van der Waals surface area contributed by atoms with Gasteiger partial charge in [-0.15, -0.1) is 0 Å². The van der Waals surface area contributed by atoms with Crippen molar-refractivity contribution in [1.29, 1.82) is 0 Å². The fraction of sp³-hybridized carbons (Fsp3) is 0.654. The summed E-state index contributed by atoms with van der Waals surface area (Å²) in [5.74, 6) is 0.156. The fourth-order valence-corrected chi connectivity index (χ4v) is 7.97. The van der Waals surface area contributed by atoms with E-state index in [0.29, 0.717) is 36.9 Å². The van der Waals surface area contributed by atoms with E-state index in [2.05, 4.69) is 23.7 Å². The third kappa shape index (κ3) is 4.17. The number of nitrogens with one attached hydrogen (secondary N) is 1. The van der Waals surface area contributed by atoms with Gasteiger partial charge in [-0.05, 0) is 48.8 Å². The number of ketones is 1. The maximum absolute atomic E-state index is 13.7. The monoisotopic (exact) mass is 471 g/mol. The number of carbonyl (C=O) groups excluding carboxylic acids is 1. The quantitative estimate of drug-likeness (QED) is 0.711. The summed E-state index contributed by atoms with van der Waals surface area (Å²) in [6.45, 7) is 8.94. The molecule has 33 heavy (non-hydrogen) atoms. The summed E-state index contributed by atoms with van der Waals surface area (Å²) in [6, 6.07) is 4.36. The fourth-order valence-electron chi connectivity index (χ4n) is 6.25. The van der Waals surface area contributed by atoms with Crippen molar-refractivity contribution in [2.24, 2.45) is 5.41 Å². The number of hydrogen-bond donors (Lipinski definition) is 1. The van der Waals surface area contributed by atoms with Gasteiger partial charge in [0.15, 0.2) is 5.78 Å². The van der Waals surface area contributed by atoms with Gasteiger partial charge < -0.3 is 4.98 Å². The number of fused-ring (bicyclic) bond motifs is 3. The number of piperazine rings is 1. The number of aryl methyl sites for hydroxylation is 1. The molecular weight excluding hydrogens is 434 g/mol. The molecular formula is C26H37N3O3S. The van der Waals surface area contributed by atoms with Crippen molar-refractivity contribution < 1.29 is 13.2 Å². The van der Waals surface area contributed by atoms with E-state index in [4.69, 9.17) is 0 Å². The molecule has 5 rings (SSSR count). The smallest absolute Gasteiger partial charge is 0.243 e. The van der Waals surface area contributed by atoms with Gasteiger partial charge in [0, 0.05) is 60.8 Å². The van der Waals surface area contributed by atoms with Crippen LogP contribution in [0.3, 0.4) is 0 Å². The first-order valence-electron chi connectivity index (χ1n) is 12.6. The summed E-state index contributed by atoms with van der Waals surface area (Å²) in [5, 5.41) is 0.878. The minimum atomic E-state index is -3.59. The molecule has 0 bridgehead atoms. The van der Waals surface area contributed by atoms with Crippen molar-refractivity contribution >= 4 is 26.7 Å². The zero-order valence-corrected chi connectivity index (χ0v) is 21.1. The van der Waals surface area contributed by atoms with Gasteiger partial charge in [0.05, 0.1) is 4.90 Å². The predicted octanol–water partition coefficient (Wildman–Crippen LogP) is 4.52. The molecule has 1 aromatic carbocycles. The van der Waals surface area contributed by atoms with Crippen LogP contribution < -0.4 is 0 Å². The summed E-state index contributed by atoms with van der Waals surface area (Å²) in [5.41, 5.74) is 3.21. The summed E-state index contributed by atoms with van der Waals surface area (Å²) in [4.78, 5) is 19.2. The summed E-state index contributed by atoms with van der Waals surface area (Å²) < 4.78 is 29.1. The van der Waals surface area contributed by atoms with Crippen LogP contribution in [-0.2, 0) is 22.9 Å². The van der Waals surface area contributed by atoms with Gasteiger partial charge in [0.25, 0.3) is 0 Å². The molecule has 1 saturated carbocycles. The second kappa shape index (κ2) is 8.51. The Morgan fingerprint density at radius 3 is 2.39 bits per heavy atom. The Balaban J connectivity index is 1.44. The molecule has 1 aromatic heterocycles. The number of carbonyl (C=O) groups is 1. The number of rotatable bonds is 4. The minimum Gasteiger partial charge on any atom is -0.358 e. The first-order valence-corrected chi connectivity index (χ1v) is 14.1. The molecule has 1 aliphatic heterocycles. The Morgan fingerprint density at radius 2 is 1.73 bits per heavy atom. The van der Waals surface area contributed by atoms with Crippen LogP contribution in [-0.4, -0.2) is 60.6 Å². The second-order valence-corrected chi connectivity index (χ2v) is 12.9. The van der Waals surface area contributed by atoms with Crippen LogP contribution in [0.1, 0.15) is 80.9 Å². The molecule has 7 heteroatoms. The molecule has 180 valence electrons. The molecule has 6 nitrogen and oxygen atoms in total. The summed E-state index contributed by atoms with van der Waals surface area (Å²) >= 11 is 0. The zero-order chi connectivity index (χ0) is 23.4. The van der Waals surface area contributed by atoms with Crippen LogP contribution in [0.4, 0.5) is 0 Å². The predicted molar refractivity (Wildman–Crippen MR) is 131 cm³/mol. The number of Topliss-reactive ketones (excluding diaryl/α,β-unsaturated/α-hetero) is 1. The van der Waals surface area contributed by atoms with E-state index in [9.17, 15) is 13.2 Å². The zero-order valence-electron chi connectivity index (χ0n) is 20.2. The van der Waals surface area contributed by atoms with E-state index in [1.807, 2.05) is 13.0 Å². The summed E-state index contributed by atoms with van der Waals surface area (Å²) in [6.07, 6.45) is 8.36. The number of benzene rings is 1. The summed E-state index contributed by atoms with van der Waals surface area (Å²) in [7, 11) is -3.59. The Hall–Kier alpha value is -1.70. The van der Waals surface area contributed by atoms with Crippen molar-refractivity contribution in [3.63, 3.8) is 0 Å². The minimum absolute atomic E-state index is 0.0779. The molecule has 2 aliphatic carbocycles. The second-order valence-electron chi connectivity index (χ2n) is 11.0. The van der Waals surface area contributed by atoms with Crippen molar-refractivity contribution in [2.45, 2.75) is 83.1 Å². The first kappa shape index (κ1) is 23.1. The van der Waals surface area contributed by atoms with E-state index >= 15 is 0 Å². The molecule has 0 unspecified atom stereocenters. The van der Waals surface area contributed by atoms with Crippen LogP contribution in [0.25, 0.3) is 10.9 Å². The van der Waals surface area contributed by atoms with E-state index in [1.54, 1.807) is 10.4 Å². The highest BCUT2D eigenvalue weighted by Crippen LogP contribution is 2.39. The average molecular weight is 472 g/mol. The Morgan fingerprint density at radius 1 is 1.03 bits per heavy atom. The lowest BCUT2D eigenvalue weighted by Crippen LogP contribution is -2.52. The largest absolute Gasteiger partial charge is 0.358 e. The maximum Gasteiger partial charge on any atom is 0.243 e. The molecule has 3 aliphatic rings. The molecule has 2 fully saturated rings. The Kier molecular flexibility index (Phi) is 5.94. The molecule has 1 saturated heterocycles. The third-order valence-corrected chi connectivity index (χ3v) is 9.97. The van der Waals surface area contributed by atoms with Crippen LogP contribution in [0, 0.1) is 5.41 Å². The lowest BCUT2D eigenvalue weighted by atomic mass is 9.76. The lowest BCUT2D eigenvalue weighted by Gasteiger charge is -2.40. The molecule has 2 heterocycles. The standard InChI is InChI=1S/C26H37N3O3S/c1-4-18-14-20-21(27-22-16-26(2,3)17-23(30)25(20)22)15-24(18)33(31,32)29-12-10-28(11-13-29)19-8-6-5-7-9-19/h14-15,19,27H,4-13,16-17H2,1-3H3. The van der Waals surface area contributed by atoms with E-state index in [-0.39, 0.29) is 11.2 Å². The third-order valence-electron chi connectivity index (χ3n) is 7.99. The van der Waals surface area contributed by atoms with Crippen LogP contribution in [0.5, 0.6) is 0 Å². The molecule has 0 radical (unpaired) electrons. The molecule has 1 N–H and O–H groups in total. The average Bonchev–Trinajstić information content (AvgIpc) is 3.15. The van der Waals surface area contributed by atoms with Gasteiger partial charge in [-0.3, -0.25) is 9.69 Å². The number of nitrogens with zero attached hydrogens (tertiary/aromatic N) is 2. The lowest BCUT2D eigenvalue weighted by molar-refractivity contribution is 0.0913. The number of aromatic amines is 1. The van der Waals surface area contributed by atoms with Gasteiger partial charge >= 0.3 is 0 Å². The number of aromatic nitrogens is 1. The SMILES string of the molecule is CCc1cc2c3c([nH]c2cc1S(=O)(=O)N1CCN(C2CCCCC2)CC1)CC(C)(C)CC3=O. The highest BCUT2D eigenvalue weighted by molar-refractivity contribution is 7.89. The number of H-pyrrole nitrogens is 1. The van der Waals surface area contributed by atoms with E-state index in [0.717, 1.165) is 47.2 Å². The van der Waals surface area contributed by atoms with Gasteiger partial charge in [-0.2, -0.15) is 4.31 Å². The first-order chi connectivity index (χ1) is 15.7. The van der Waals surface area contributed by atoms with Crippen LogP contribution in [0.2, 0.25) is 0 Å². The van der Waals surface area contributed by atoms with Crippen LogP contribution in [0.15, 0.2) is 17.0 Å². The maximum atomic E-state index is 13.7. The molecule has 0 atom stereocenters. The number of hydrogen-bond acceptors (Lipinski definition) is 4. The van der Waals surface area contributed by atoms with Gasteiger partial charge in [0.1, 0.15) is 0 Å². The van der Waals surface area contributed by atoms with Crippen molar-refractivity contribution in [3.05, 3.63) is 29.0 Å². The van der Waals surface area contributed by atoms with E-state index < -0.39 is 10.0 Å². The van der Waals surface area contributed by atoms with Crippen molar-refractivity contribution in [3.8, 4) is 0 Å². The number of sulfonamides is 1.